The number of rotatable bonds is 6. The van der Waals surface area contributed by atoms with E-state index in [0.717, 1.165) is 12.1 Å². The third-order valence-corrected chi connectivity index (χ3v) is 2.22. The van der Waals surface area contributed by atoms with E-state index in [0.29, 0.717) is 12.5 Å². The summed E-state index contributed by atoms with van der Waals surface area (Å²) in [6.07, 6.45) is 0. The van der Waals surface area contributed by atoms with Crippen LogP contribution in [-0.2, 0) is 0 Å². The van der Waals surface area contributed by atoms with Crippen molar-refractivity contribution in [1.82, 2.24) is 10.6 Å². The molecule has 0 saturated carbocycles. The van der Waals surface area contributed by atoms with E-state index in [4.69, 9.17) is 4.74 Å². The summed E-state index contributed by atoms with van der Waals surface area (Å²) >= 11 is 0. The van der Waals surface area contributed by atoms with Gasteiger partial charge < -0.3 is 15.4 Å². The van der Waals surface area contributed by atoms with Crippen molar-refractivity contribution >= 4 is 6.03 Å². The Kier molecular flexibility index (Phi) is 6.05. The standard InChI is InChI=1S/C13H18F2N2O2/c1-9(2)8-17-13(18)16-5-6-19-10-3-4-11(14)12(15)7-10/h3-4,7,9H,5-6,8H2,1-2H3,(H2,16,17,18). The van der Waals surface area contributed by atoms with Gasteiger partial charge in [-0.05, 0) is 18.1 Å². The molecule has 0 unspecified atom stereocenters. The number of ether oxygens (including phenoxy) is 1. The Morgan fingerprint density at radius 3 is 2.63 bits per heavy atom. The number of hydrogen-bond donors (Lipinski definition) is 2. The Labute approximate surface area is 111 Å². The van der Waals surface area contributed by atoms with Crippen LogP contribution in [0.2, 0.25) is 0 Å². The molecule has 0 aromatic heterocycles. The Hall–Kier alpha value is -1.85. The summed E-state index contributed by atoms with van der Waals surface area (Å²) in [5.74, 6) is -1.27. The number of urea groups is 1. The first kappa shape index (κ1) is 15.2. The number of benzene rings is 1. The van der Waals surface area contributed by atoms with E-state index in [1.54, 1.807) is 0 Å². The molecule has 2 amide bonds. The molecule has 0 fully saturated rings. The van der Waals surface area contributed by atoms with Crippen LogP contribution in [0.15, 0.2) is 18.2 Å². The highest BCUT2D eigenvalue weighted by Gasteiger charge is 2.04. The third-order valence-electron chi connectivity index (χ3n) is 2.22. The van der Waals surface area contributed by atoms with Crippen molar-refractivity contribution in [3.8, 4) is 5.75 Å². The highest BCUT2D eigenvalue weighted by molar-refractivity contribution is 5.73. The van der Waals surface area contributed by atoms with Gasteiger partial charge in [0.15, 0.2) is 11.6 Å². The summed E-state index contributed by atoms with van der Waals surface area (Å²) in [7, 11) is 0. The number of carbonyl (C=O) groups is 1. The number of halogens is 2. The largest absolute Gasteiger partial charge is 0.492 e. The molecule has 0 radical (unpaired) electrons. The zero-order chi connectivity index (χ0) is 14.3. The smallest absolute Gasteiger partial charge is 0.314 e. The number of hydrogen-bond acceptors (Lipinski definition) is 2. The fourth-order valence-corrected chi connectivity index (χ4v) is 1.26. The van der Waals surface area contributed by atoms with E-state index >= 15 is 0 Å². The van der Waals surface area contributed by atoms with Gasteiger partial charge in [-0.1, -0.05) is 13.8 Å². The molecule has 0 saturated heterocycles. The monoisotopic (exact) mass is 272 g/mol. The van der Waals surface area contributed by atoms with Crippen LogP contribution in [0.5, 0.6) is 5.75 Å². The van der Waals surface area contributed by atoms with E-state index < -0.39 is 11.6 Å². The first-order valence-electron chi connectivity index (χ1n) is 6.08. The summed E-state index contributed by atoms with van der Waals surface area (Å²) in [6, 6.07) is 3.02. The van der Waals surface area contributed by atoms with Crippen molar-refractivity contribution in [2.75, 3.05) is 19.7 Å². The molecule has 6 heteroatoms. The maximum atomic E-state index is 12.9. The van der Waals surface area contributed by atoms with Crippen molar-refractivity contribution in [3.05, 3.63) is 29.8 Å². The summed E-state index contributed by atoms with van der Waals surface area (Å²) in [6.45, 7) is 5.04. The summed E-state index contributed by atoms with van der Waals surface area (Å²) < 4.78 is 30.7. The molecule has 4 nitrogen and oxygen atoms in total. The summed E-state index contributed by atoms with van der Waals surface area (Å²) in [5, 5.41) is 5.27. The normalized spacial score (nSPS) is 10.4. The van der Waals surface area contributed by atoms with Crippen LogP contribution < -0.4 is 15.4 Å². The second-order valence-corrected chi connectivity index (χ2v) is 4.46. The summed E-state index contributed by atoms with van der Waals surface area (Å²) in [4.78, 5) is 11.3. The molecule has 0 aliphatic rings. The molecule has 1 rings (SSSR count). The van der Waals surface area contributed by atoms with Crippen molar-refractivity contribution in [3.63, 3.8) is 0 Å². The van der Waals surface area contributed by atoms with Crippen molar-refractivity contribution < 1.29 is 18.3 Å². The molecule has 0 atom stereocenters. The lowest BCUT2D eigenvalue weighted by Gasteiger charge is -2.10. The Balaban J connectivity index is 2.20. The van der Waals surface area contributed by atoms with E-state index in [1.807, 2.05) is 13.8 Å². The van der Waals surface area contributed by atoms with Crippen LogP contribution in [0, 0.1) is 17.6 Å². The van der Waals surface area contributed by atoms with Crippen LogP contribution in [0.25, 0.3) is 0 Å². The van der Waals surface area contributed by atoms with Gasteiger partial charge in [0.2, 0.25) is 0 Å². The van der Waals surface area contributed by atoms with Gasteiger partial charge in [-0.25, -0.2) is 13.6 Å². The molecule has 1 aromatic rings. The van der Waals surface area contributed by atoms with Gasteiger partial charge in [-0.2, -0.15) is 0 Å². The predicted molar refractivity (Wildman–Crippen MR) is 68.1 cm³/mol. The zero-order valence-electron chi connectivity index (χ0n) is 11.0. The Bertz CT molecular complexity index is 425. The van der Waals surface area contributed by atoms with Crippen LogP contribution >= 0.6 is 0 Å². The molecule has 106 valence electrons. The highest BCUT2D eigenvalue weighted by Crippen LogP contribution is 2.14. The second-order valence-electron chi connectivity index (χ2n) is 4.46. The highest BCUT2D eigenvalue weighted by atomic mass is 19.2. The van der Waals surface area contributed by atoms with E-state index in [1.165, 1.54) is 6.07 Å². The second kappa shape index (κ2) is 7.56. The molecular weight excluding hydrogens is 254 g/mol. The number of carbonyl (C=O) groups excluding carboxylic acids is 1. The van der Waals surface area contributed by atoms with Crippen molar-refractivity contribution in [2.24, 2.45) is 5.92 Å². The van der Waals surface area contributed by atoms with Gasteiger partial charge in [0.1, 0.15) is 12.4 Å². The molecule has 0 aliphatic carbocycles. The lowest BCUT2D eigenvalue weighted by Crippen LogP contribution is -2.39. The van der Waals surface area contributed by atoms with Crippen LogP contribution in [-0.4, -0.2) is 25.7 Å². The minimum Gasteiger partial charge on any atom is -0.492 e. The maximum Gasteiger partial charge on any atom is 0.314 e. The Morgan fingerprint density at radius 2 is 2.00 bits per heavy atom. The first-order valence-corrected chi connectivity index (χ1v) is 6.08. The van der Waals surface area contributed by atoms with E-state index in [9.17, 15) is 13.6 Å². The van der Waals surface area contributed by atoms with E-state index in [2.05, 4.69) is 10.6 Å². The minimum absolute atomic E-state index is 0.181. The SMILES string of the molecule is CC(C)CNC(=O)NCCOc1ccc(F)c(F)c1. The van der Waals surface area contributed by atoms with Gasteiger partial charge in [-0.15, -0.1) is 0 Å². The van der Waals surface area contributed by atoms with Crippen molar-refractivity contribution in [2.45, 2.75) is 13.8 Å². The van der Waals surface area contributed by atoms with Crippen LogP contribution in [0.4, 0.5) is 13.6 Å². The van der Waals surface area contributed by atoms with E-state index in [-0.39, 0.29) is 24.9 Å². The molecule has 0 heterocycles. The molecule has 0 aliphatic heterocycles. The number of amides is 2. The molecule has 0 bridgehead atoms. The average Bonchev–Trinajstić information content (AvgIpc) is 2.36. The Morgan fingerprint density at radius 1 is 1.26 bits per heavy atom. The van der Waals surface area contributed by atoms with Crippen LogP contribution in [0.3, 0.4) is 0 Å². The van der Waals surface area contributed by atoms with Crippen LogP contribution in [0.1, 0.15) is 13.8 Å². The fourth-order valence-electron chi connectivity index (χ4n) is 1.26. The summed E-state index contributed by atoms with van der Waals surface area (Å²) in [5.41, 5.74) is 0. The van der Waals surface area contributed by atoms with Crippen molar-refractivity contribution in [1.29, 1.82) is 0 Å². The topological polar surface area (TPSA) is 50.4 Å². The van der Waals surface area contributed by atoms with Gasteiger partial charge >= 0.3 is 6.03 Å². The fraction of sp³-hybridized carbons (Fsp3) is 0.462. The number of nitrogens with one attached hydrogen (secondary N) is 2. The molecule has 19 heavy (non-hydrogen) atoms. The predicted octanol–water partition coefficient (Wildman–Crippen LogP) is 2.30. The molecule has 0 spiro atoms. The van der Waals surface area contributed by atoms with Gasteiger partial charge in [0.25, 0.3) is 0 Å². The van der Waals surface area contributed by atoms with Gasteiger partial charge in [0.05, 0.1) is 6.54 Å². The molecular formula is C13H18F2N2O2. The average molecular weight is 272 g/mol. The lowest BCUT2D eigenvalue weighted by atomic mass is 10.2. The maximum absolute atomic E-state index is 12.9. The zero-order valence-corrected chi connectivity index (χ0v) is 11.0. The lowest BCUT2D eigenvalue weighted by molar-refractivity contribution is 0.235. The molecule has 1 aromatic carbocycles. The van der Waals surface area contributed by atoms with Gasteiger partial charge in [-0.3, -0.25) is 0 Å². The molecule has 2 N–H and O–H groups in total. The minimum atomic E-state index is -0.958. The quantitative estimate of drug-likeness (QED) is 0.781. The van der Waals surface area contributed by atoms with Gasteiger partial charge in [0, 0.05) is 12.6 Å². The third kappa shape index (κ3) is 6.03. The first-order chi connectivity index (χ1) is 8.99.